The predicted octanol–water partition coefficient (Wildman–Crippen LogP) is 4.03. The minimum absolute atomic E-state index is 0.0337. The van der Waals surface area contributed by atoms with Gasteiger partial charge in [-0.1, -0.05) is 12.1 Å². The Hall–Kier alpha value is -2.93. The van der Waals surface area contributed by atoms with E-state index in [0.717, 1.165) is 31.4 Å². The van der Waals surface area contributed by atoms with Crippen LogP contribution in [0.4, 0.5) is 5.69 Å². The minimum Gasteiger partial charge on any atom is -0.352 e. The molecular weight excluding hydrogens is 384 g/mol. The highest BCUT2D eigenvalue weighted by Crippen LogP contribution is 2.14. The number of nitrogens with one attached hydrogen (secondary N) is 2. The molecule has 0 saturated heterocycles. The molecule has 0 spiro atoms. The van der Waals surface area contributed by atoms with Crippen molar-refractivity contribution in [3.63, 3.8) is 0 Å². The first kappa shape index (κ1) is 20.8. The molecule has 0 aliphatic carbocycles. The second-order valence-corrected chi connectivity index (χ2v) is 7.98. The largest absolute Gasteiger partial charge is 0.352 e. The van der Waals surface area contributed by atoms with Gasteiger partial charge in [-0.15, -0.1) is 11.3 Å². The highest BCUT2D eigenvalue weighted by atomic mass is 32.1. The summed E-state index contributed by atoms with van der Waals surface area (Å²) in [5, 5.41) is 12.1. The van der Waals surface area contributed by atoms with Crippen molar-refractivity contribution in [2.45, 2.75) is 39.2 Å². The van der Waals surface area contributed by atoms with E-state index in [1.807, 2.05) is 35.4 Å². The molecule has 1 aromatic carbocycles. The third-order valence-corrected chi connectivity index (χ3v) is 5.36. The van der Waals surface area contributed by atoms with E-state index in [4.69, 9.17) is 0 Å². The lowest BCUT2D eigenvalue weighted by molar-refractivity contribution is -0.116. The van der Waals surface area contributed by atoms with Gasteiger partial charge in [0.15, 0.2) is 0 Å². The maximum Gasteiger partial charge on any atom is 0.251 e. The van der Waals surface area contributed by atoms with Crippen molar-refractivity contribution in [1.29, 1.82) is 0 Å². The number of nitrogens with zero attached hydrogens (tertiary/aromatic N) is 2. The van der Waals surface area contributed by atoms with E-state index in [1.165, 1.54) is 4.88 Å². The lowest BCUT2D eigenvalue weighted by atomic mass is 10.1. The molecule has 0 fully saturated rings. The van der Waals surface area contributed by atoms with Crippen LogP contribution in [-0.2, 0) is 17.8 Å². The first-order valence-electron chi connectivity index (χ1n) is 9.80. The minimum atomic E-state index is -0.143. The van der Waals surface area contributed by atoms with Crippen LogP contribution < -0.4 is 10.6 Å². The Kier molecular flexibility index (Phi) is 7.58. The molecule has 0 unspecified atom stereocenters. The van der Waals surface area contributed by atoms with Gasteiger partial charge >= 0.3 is 0 Å². The van der Waals surface area contributed by atoms with Crippen molar-refractivity contribution < 1.29 is 9.59 Å². The summed E-state index contributed by atoms with van der Waals surface area (Å²) in [6.07, 6.45) is 6.78. The Labute approximate surface area is 175 Å². The quantitative estimate of drug-likeness (QED) is 0.496. The van der Waals surface area contributed by atoms with Gasteiger partial charge in [0.05, 0.1) is 6.20 Å². The fourth-order valence-corrected chi connectivity index (χ4v) is 3.73. The molecule has 152 valence electrons. The molecule has 2 N–H and O–H groups in total. The van der Waals surface area contributed by atoms with Crippen molar-refractivity contribution in [2.75, 3.05) is 11.9 Å². The number of hydrogen-bond acceptors (Lipinski definition) is 4. The zero-order chi connectivity index (χ0) is 20.5. The van der Waals surface area contributed by atoms with E-state index in [0.29, 0.717) is 24.2 Å². The number of amides is 2. The van der Waals surface area contributed by atoms with E-state index < -0.39 is 0 Å². The van der Waals surface area contributed by atoms with Gasteiger partial charge in [-0.25, -0.2) is 0 Å². The predicted molar refractivity (Wildman–Crippen MR) is 116 cm³/mol. The molecule has 0 bridgehead atoms. The van der Waals surface area contributed by atoms with E-state index >= 15 is 0 Å². The number of carbonyl (C=O) groups is 2. The molecular formula is C22H26N4O2S. The number of benzene rings is 1. The van der Waals surface area contributed by atoms with Crippen LogP contribution in [0.3, 0.4) is 0 Å². The molecule has 7 heteroatoms. The molecule has 3 rings (SSSR count). The van der Waals surface area contributed by atoms with E-state index in [9.17, 15) is 9.59 Å². The molecule has 0 radical (unpaired) electrons. The molecule has 2 heterocycles. The zero-order valence-corrected chi connectivity index (χ0v) is 17.4. The van der Waals surface area contributed by atoms with Crippen LogP contribution in [0.15, 0.2) is 54.2 Å². The number of hydrogen-bond donors (Lipinski definition) is 2. The zero-order valence-electron chi connectivity index (χ0n) is 16.6. The first-order chi connectivity index (χ1) is 14.1. The normalized spacial score (nSPS) is 10.7. The Morgan fingerprint density at radius 1 is 1.17 bits per heavy atom. The second kappa shape index (κ2) is 10.6. The summed E-state index contributed by atoms with van der Waals surface area (Å²) in [4.78, 5) is 25.8. The van der Waals surface area contributed by atoms with Crippen LogP contribution in [0.2, 0.25) is 0 Å². The van der Waals surface area contributed by atoms with Crippen molar-refractivity contribution in [3.05, 3.63) is 70.2 Å². The molecule has 3 aromatic rings. The number of rotatable bonds is 10. The molecule has 2 aromatic heterocycles. The molecule has 0 aliphatic rings. The highest BCUT2D eigenvalue weighted by molar-refractivity contribution is 7.09. The maximum absolute atomic E-state index is 12.4. The lowest BCUT2D eigenvalue weighted by Gasteiger charge is -2.09. The summed E-state index contributed by atoms with van der Waals surface area (Å²) in [5.74, 6) is -0.177. The van der Waals surface area contributed by atoms with Gasteiger partial charge in [-0.3, -0.25) is 14.3 Å². The molecule has 0 atom stereocenters. The van der Waals surface area contributed by atoms with Gasteiger partial charge in [0.1, 0.15) is 0 Å². The summed E-state index contributed by atoms with van der Waals surface area (Å²) in [7, 11) is 0. The number of carbonyl (C=O) groups excluding carboxylic acids is 2. The third kappa shape index (κ3) is 6.87. The summed E-state index contributed by atoms with van der Waals surface area (Å²) >= 11 is 1.71. The van der Waals surface area contributed by atoms with Gasteiger partial charge in [-0.05, 0) is 61.4 Å². The summed E-state index contributed by atoms with van der Waals surface area (Å²) in [6, 6.07) is 11.1. The standard InChI is InChI=1S/C22H26N4O2S/c1-17-15-24-26(16-17)12-5-11-23-22(28)18-6-2-7-19(14-18)25-21(27)10-3-8-20-9-4-13-29-20/h2,4,6-7,9,13-16H,3,5,8,10-12H2,1H3,(H,23,28)(H,25,27). The van der Waals surface area contributed by atoms with Crippen LogP contribution in [0, 0.1) is 6.92 Å². The Morgan fingerprint density at radius 2 is 2.07 bits per heavy atom. The molecule has 0 saturated carbocycles. The molecule has 29 heavy (non-hydrogen) atoms. The van der Waals surface area contributed by atoms with Gasteiger partial charge in [0, 0.05) is 41.8 Å². The van der Waals surface area contributed by atoms with Crippen LogP contribution in [0.25, 0.3) is 0 Å². The fraction of sp³-hybridized carbons (Fsp3) is 0.318. The number of anilines is 1. The van der Waals surface area contributed by atoms with Crippen LogP contribution >= 0.6 is 11.3 Å². The summed E-state index contributed by atoms with van der Waals surface area (Å²) < 4.78 is 1.87. The SMILES string of the molecule is Cc1cnn(CCCNC(=O)c2cccc(NC(=O)CCCc3cccs3)c2)c1. The van der Waals surface area contributed by atoms with Crippen LogP contribution in [0.1, 0.15) is 40.1 Å². The topological polar surface area (TPSA) is 76.0 Å². The van der Waals surface area contributed by atoms with Gasteiger partial charge in [0.25, 0.3) is 5.91 Å². The second-order valence-electron chi connectivity index (χ2n) is 6.95. The van der Waals surface area contributed by atoms with Crippen molar-refractivity contribution in [3.8, 4) is 0 Å². The highest BCUT2D eigenvalue weighted by Gasteiger charge is 2.08. The molecule has 2 amide bonds. The number of thiophene rings is 1. The molecule has 6 nitrogen and oxygen atoms in total. The average molecular weight is 411 g/mol. The fourth-order valence-electron chi connectivity index (χ4n) is 2.97. The third-order valence-electron chi connectivity index (χ3n) is 4.43. The van der Waals surface area contributed by atoms with Gasteiger partial charge in [0.2, 0.25) is 5.91 Å². The number of aryl methyl sites for hydroxylation is 3. The Bertz CT molecular complexity index is 934. The van der Waals surface area contributed by atoms with Crippen molar-refractivity contribution in [2.24, 2.45) is 0 Å². The van der Waals surface area contributed by atoms with Gasteiger partial charge < -0.3 is 10.6 Å². The van der Waals surface area contributed by atoms with Crippen LogP contribution in [-0.4, -0.2) is 28.1 Å². The lowest BCUT2D eigenvalue weighted by Crippen LogP contribution is -2.25. The molecule has 0 aliphatic heterocycles. The maximum atomic E-state index is 12.4. The first-order valence-corrected chi connectivity index (χ1v) is 10.7. The Morgan fingerprint density at radius 3 is 2.83 bits per heavy atom. The smallest absolute Gasteiger partial charge is 0.251 e. The average Bonchev–Trinajstić information content (AvgIpc) is 3.37. The van der Waals surface area contributed by atoms with E-state index in [1.54, 1.807) is 35.6 Å². The van der Waals surface area contributed by atoms with E-state index in [-0.39, 0.29) is 11.8 Å². The van der Waals surface area contributed by atoms with Crippen molar-refractivity contribution in [1.82, 2.24) is 15.1 Å². The monoisotopic (exact) mass is 410 g/mol. The van der Waals surface area contributed by atoms with Crippen LogP contribution in [0.5, 0.6) is 0 Å². The Balaban J connectivity index is 1.40. The number of aromatic nitrogens is 2. The summed E-state index contributed by atoms with van der Waals surface area (Å²) in [6.45, 7) is 3.33. The van der Waals surface area contributed by atoms with Gasteiger partial charge in [-0.2, -0.15) is 5.10 Å². The van der Waals surface area contributed by atoms with E-state index in [2.05, 4.69) is 21.8 Å². The summed E-state index contributed by atoms with van der Waals surface area (Å²) in [5.41, 5.74) is 2.31. The van der Waals surface area contributed by atoms with Crippen molar-refractivity contribution >= 4 is 28.8 Å².